The van der Waals surface area contributed by atoms with Crippen molar-refractivity contribution in [1.29, 1.82) is 0 Å². The van der Waals surface area contributed by atoms with Crippen LogP contribution in [0.2, 0.25) is 0 Å². The second kappa shape index (κ2) is 6.71. The summed E-state index contributed by atoms with van der Waals surface area (Å²) in [6.45, 7) is 2.45. The van der Waals surface area contributed by atoms with Gasteiger partial charge in [-0.05, 0) is 36.2 Å². The fraction of sp³-hybridized carbons (Fsp3) is 0.500. The molecule has 2 saturated heterocycles. The predicted octanol–water partition coefficient (Wildman–Crippen LogP) is 1.82. The number of amides is 2. The number of ether oxygens (including phenoxy) is 1. The average molecular weight is 422 g/mol. The lowest BCUT2D eigenvalue weighted by atomic mass is 9.63. The minimum Gasteiger partial charge on any atom is -0.378 e. The van der Waals surface area contributed by atoms with Crippen molar-refractivity contribution in [2.75, 3.05) is 31.2 Å². The zero-order valence-electron chi connectivity index (χ0n) is 16.8. The van der Waals surface area contributed by atoms with Crippen LogP contribution in [0.3, 0.4) is 0 Å². The van der Waals surface area contributed by atoms with Crippen LogP contribution in [-0.4, -0.2) is 54.3 Å². The Balaban J connectivity index is 1.32. The molecule has 160 valence electrons. The highest BCUT2D eigenvalue weighted by atomic mass is 16.6. The van der Waals surface area contributed by atoms with Gasteiger partial charge in [-0.2, -0.15) is 10.1 Å². The second-order valence-corrected chi connectivity index (χ2v) is 8.99. The fourth-order valence-corrected chi connectivity index (χ4v) is 6.03. The maximum absolute atomic E-state index is 13.1. The third kappa shape index (κ3) is 2.76. The molecule has 0 spiro atoms. The molecule has 6 aliphatic rings. The number of hydrogen-bond donors (Lipinski definition) is 0. The first kappa shape index (κ1) is 18.7. The molecule has 2 heterocycles. The molecular weight excluding hydrogens is 400 g/mol. The number of carbonyl (C=O) groups excluding carboxylic acids is 2. The summed E-state index contributed by atoms with van der Waals surface area (Å²) in [5.74, 6) is 0.225. The number of carbonyl (C=O) groups is 2. The van der Waals surface area contributed by atoms with E-state index in [4.69, 9.17) is 4.74 Å². The number of non-ortho nitro benzene ring substituents is 1. The van der Waals surface area contributed by atoms with E-state index >= 15 is 0 Å². The maximum Gasteiger partial charge on any atom is 0.270 e. The molecule has 0 aromatic heterocycles. The zero-order chi connectivity index (χ0) is 21.3. The van der Waals surface area contributed by atoms with Crippen molar-refractivity contribution in [3.63, 3.8) is 0 Å². The number of anilines is 1. The summed E-state index contributed by atoms with van der Waals surface area (Å²) in [4.78, 5) is 39.1. The Morgan fingerprint density at radius 1 is 1.06 bits per heavy atom. The number of nitro groups is 1. The van der Waals surface area contributed by atoms with Gasteiger partial charge in [-0.3, -0.25) is 19.7 Å². The van der Waals surface area contributed by atoms with Crippen molar-refractivity contribution < 1.29 is 19.2 Å². The van der Waals surface area contributed by atoms with E-state index in [-0.39, 0.29) is 41.2 Å². The Morgan fingerprint density at radius 3 is 2.32 bits per heavy atom. The van der Waals surface area contributed by atoms with Crippen LogP contribution in [-0.2, 0) is 14.3 Å². The first-order valence-corrected chi connectivity index (χ1v) is 10.8. The number of imide groups is 1. The molecule has 9 heteroatoms. The van der Waals surface area contributed by atoms with Crippen molar-refractivity contribution in [1.82, 2.24) is 5.01 Å². The Bertz CT molecular complexity index is 1010. The van der Waals surface area contributed by atoms with E-state index in [0.717, 1.165) is 17.1 Å². The lowest BCUT2D eigenvalue weighted by Gasteiger charge is -2.37. The molecule has 0 radical (unpaired) electrons. The van der Waals surface area contributed by atoms with E-state index in [1.807, 2.05) is 0 Å². The van der Waals surface area contributed by atoms with E-state index in [0.29, 0.717) is 43.7 Å². The molecule has 2 saturated carbocycles. The Labute approximate surface area is 178 Å². The molecule has 4 fully saturated rings. The highest BCUT2D eigenvalue weighted by molar-refractivity contribution is 6.07. The number of nitro benzene ring substituents is 1. The van der Waals surface area contributed by atoms with Gasteiger partial charge in [-0.15, -0.1) is 0 Å². The lowest BCUT2D eigenvalue weighted by Crippen LogP contribution is -2.40. The van der Waals surface area contributed by atoms with Gasteiger partial charge in [0, 0.05) is 36.5 Å². The van der Waals surface area contributed by atoms with Gasteiger partial charge in [-0.25, -0.2) is 0 Å². The van der Waals surface area contributed by atoms with E-state index in [1.54, 1.807) is 6.07 Å². The molecule has 1 aromatic rings. The molecule has 0 unspecified atom stereocenters. The van der Waals surface area contributed by atoms with Crippen molar-refractivity contribution in [3.8, 4) is 0 Å². The van der Waals surface area contributed by atoms with Crippen LogP contribution in [0.4, 0.5) is 11.4 Å². The molecule has 4 aliphatic carbocycles. The highest BCUT2D eigenvalue weighted by Gasteiger charge is 2.67. The largest absolute Gasteiger partial charge is 0.378 e. The summed E-state index contributed by atoms with van der Waals surface area (Å²) in [6, 6.07) is 4.58. The van der Waals surface area contributed by atoms with Crippen LogP contribution in [0.15, 0.2) is 35.5 Å². The number of allylic oxidation sites excluding steroid dienone is 2. The monoisotopic (exact) mass is 422 g/mol. The average Bonchev–Trinajstić information content (AvgIpc) is 3.57. The van der Waals surface area contributed by atoms with Crippen molar-refractivity contribution >= 4 is 29.4 Å². The van der Waals surface area contributed by atoms with Gasteiger partial charge >= 0.3 is 0 Å². The normalized spacial score (nSPS) is 35.6. The molecule has 6 atom stereocenters. The molecule has 9 nitrogen and oxygen atoms in total. The van der Waals surface area contributed by atoms with Gasteiger partial charge in [0.1, 0.15) is 0 Å². The second-order valence-electron chi connectivity index (χ2n) is 8.99. The Kier molecular flexibility index (Phi) is 4.05. The summed E-state index contributed by atoms with van der Waals surface area (Å²) < 4.78 is 5.40. The van der Waals surface area contributed by atoms with E-state index in [1.165, 1.54) is 18.3 Å². The summed E-state index contributed by atoms with van der Waals surface area (Å²) in [5.41, 5.74) is 1.22. The first-order chi connectivity index (χ1) is 15.0. The molecule has 2 amide bonds. The molecule has 7 rings (SSSR count). The van der Waals surface area contributed by atoms with E-state index < -0.39 is 4.92 Å². The molecular formula is C22H22N4O5. The predicted molar refractivity (Wildman–Crippen MR) is 110 cm³/mol. The number of benzene rings is 1. The molecule has 31 heavy (non-hydrogen) atoms. The van der Waals surface area contributed by atoms with Crippen LogP contribution in [0.5, 0.6) is 0 Å². The third-order valence-corrected chi connectivity index (χ3v) is 7.53. The van der Waals surface area contributed by atoms with Crippen LogP contribution in [0.1, 0.15) is 12.0 Å². The first-order valence-electron chi connectivity index (χ1n) is 10.8. The van der Waals surface area contributed by atoms with Crippen LogP contribution >= 0.6 is 0 Å². The third-order valence-electron chi connectivity index (χ3n) is 7.53. The number of hydrogen-bond acceptors (Lipinski definition) is 7. The lowest BCUT2D eigenvalue weighted by molar-refractivity contribution is -0.384. The summed E-state index contributed by atoms with van der Waals surface area (Å²) in [7, 11) is 0. The number of rotatable bonds is 4. The van der Waals surface area contributed by atoms with Crippen LogP contribution < -0.4 is 4.90 Å². The minimum absolute atomic E-state index is 0.0615. The summed E-state index contributed by atoms with van der Waals surface area (Å²) in [6.07, 6.45) is 6.77. The molecule has 2 aliphatic heterocycles. The van der Waals surface area contributed by atoms with E-state index in [2.05, 4.69) is 22.2 Å². The van der Waals surface area contributed by atoms with Gasteiger partial charge in [-0.1, -0.05) is 12.2 Å². The topological polar surface area (TPSA) is 105 Å². The van der Waals surface area contributed by atoms with Gasteiger partial charge < -0.3 is 9.64 Å². The fourth-order valence-electron chi connectivity index (χ4n) is 6.03. The number of morpholine rings is 1. The number of hydrazone groups is 1. The number of nitrogens with zero attached hydrogens (tertiary/aromatic N) is 4. The zero-order valence-corrected chi connectivity index (χ0v) is 16.8. The quantitative estimate of drug-likeness (QED) is 0.241. The summed E-state index contributed by atoms with van der Waals surface area (Å²) >= 11 is 0. The highest BCUT2D eigenvalue weighted by Crippen LogP contribution is 2.65. The summed E-state index contributed by atoms with van der Waals surface area (Å²) in [5, 5.41) is 16.6. The van der Waals surface area contributed by atoms with Gasteiger partial charge in [0.2, 0.25) is 0 Å². The van der Waals surface area contributed by atoms with Crippen molar-refractivity contribution in [3.05, 3.63) is 46.0 Å². The van der Waals surface area contributed by atoms with Gasteiger partial charge in [0.15, 0.2) is 0 Å². The Morgan fingerprint density at radius 2 is 1.71 bits per heavy atom. The van der Waals surface area contributed by atoms with Gasteiger partial charge in [0.05, 0.1) is 36.2 Å². The standard InChI is InChI=1S/C22H22N4O5/c27-21-19-14-2-3-15(17-10-16(14)17)20(19)22(28)25(21)23-11-12-9-13(26(29)30)1-4-18(12)24-5-7-31-8-6-24/h1-4,9,11,14-17,19-20H,5-8,10H2/b23-11-/t14-,15-,16-,17-,19+,20+/m0/s1. The van der Waals surface area contributed by atoms with Gasteiger partial charge in [0.25, 0.3) is 17.5 Å². The molecule has 2 bridgehead atoms. The smallest absolute Gasteiger partial charge is 0.270 e. The minimum atomic E-state index is -0.462. The maximum atomic E-state index is 13.1. The molecule has 0 N–H and O–H groups in total. The SMILES string of the molecule is O=C1[C@@H]2[C@H]3C=C[C@@H]([C@@H]4C[C@@H]34)[C@H]2C(=O)N1/N=C\c1cc([N+](=O)[O-])ccc1N1CCOCC1. The Hall–Kier alpha value is -3.07. The van der Waals surface area contributed by atoms with Crippen molar-refractivity contribution in [2.45, 2.75) is 6.42 Å². The van der Waals surface area contributed by atoms with Crippen molar-refractivity contribution in [2.24, 2.45) is 40.6 Å². The van der Waals surface area contributed by atoms with E-state index in [9.17, 15) is 19.7 Å². The van der Waals surface area contributed by atoms with Crippen LogP contribution in [0, 0.1) is 45.6 Å². The van der Waals surface area contributed by atoms with Crippen LogP contribution in [0.25, 0.3) is 0 Å². The molecule has 1 aromatic carbocycles.